The summed E-state index contributed by atoms with van der Waals surface area (Å²) in [4.78, 5) is 20.5. The Morgan fingerprint density at radius 2 is 1.40 bits per heavy atom. The molecule has 1 saturated carbocycles. The molecule has 4 nitrogen and oxygen atoms in total. The van der Waals surface area contributed by atoms with E-state index in [4.69, 9.17) is 0 Å². The number of hydrogen-bond donors (Lipinski definition) is 0. The van der Waals surface area contributed by atoms with Crippen LogP contribution in [-0.4, -0.2) is 61.0 Å². The van der Waals surface area contributed by atoms with Crippen molar-refractivity contribution in [2.75, 3.05) is 44.2 Å². The summed E-state index contributed by atoms with van der Waals surface area (Å²) in [6, 6.07) is 9.29. The van der Waals surface area contributed by atoms with Crippen LogP contribution >= 0.6 is 0 Å². The molecule has 3 heterocycles. The van der Waals surface area contributed by atoms with Crippen molar-refractivity contribution in [1.29, 1.82) is 0 Å². The van der Waals surface area contributed by atoms with E-state index in [9.17, 15) is 4.79 Å². The van der Waals surface area contributed by atoms with E-state index in [-0.39, 0.29) is 5.91 Å². The molecule has 0 bridgehead atoms. The number of carbonyl (C=O) groups is 1. The van der Waals surface area contributed by atoms with Crippen LogP contribution in [0.4, 0.5) is 5.69 Å². The third-order valence-electron chi connectivity index (χ3n) is 8.43. The lowest BCUT2D eigenvalue weighted by molar-refractivity contribution is 0.0521. The van der Waals surface area contributed by atoms with Gasteiger partial charge in [-0.3, -0.25) is 4.79 Å². The van der Waals surface area contributed by atoms with Crippen molar-refractivity contribution in [3.63, 3.8) is 0 Å². The molecule has 5 rings (SSSR count). The minimum Gasteiger partial charge on any atom is -0.371 e. The van der Waals surface area contributed by atoms with Crippen LogP contribution < -0.4 is 4.90 Å². The predicted molar refractivity (Wildman–Crippen MR) is 123 cm³/mol. The van der Waals surface area contributed by atoms with Crippen LogP contribution in [0.3, 0.4) is 0 Å². The number of likely N-dealkylation sites (tertiary alicyclic amines) is 2. The zero-order chi connectivity index (χ0) is 20.3. The van der Waals surface area contributed by atoms with Gasteiger partial charge in [0.2, 0.25) is 0 Å². The molecule has 1 aromatic rings. The molecular weight excluding hydrogens is 370 g/mol. The lowest BCUT2D eigenvalue weighted by Crippen LogP contribution is -2.46. The van der Waals surface area contributed by atoms with Gasteiger partial charge in [-0.1, -0.05) is 25.7 Å². The van der Waals surface area contributed by atoms with Crippen LogP contribution in [0.15, 0.2) is 24.3 Å². The first-order valence-electron chi connectivity index (χ1n) is 12.7. The number of rotatable bonds is 3. The molecule has 1 amide bonds. The summed E-state index contributed by atoms with van der Waals surface area (Å²) in [6.07, 6.45) is 13.4. The maximum atomic E-state index is 13.1. The SMILES string of the molecule is O=C(c1ccc(N2CCC(N3CCCCC3)CC2)cc1)N1CCC2CCCCC2C1. The van der Waals surface area contributed by atoms with E-state index in [1.54, 1.807) is 0 Å². The second-order valence-electron chi connectivity index (χ2n) is 10.2. The van der Waals surface area contributed by atoms with Gasteiger partial charge in [-0.05, 0) is 87.7 Å². The molecule has 2 atom stereocenters. The molecule has 1 aliphatic carbocycles. The van der Waals surface area contributed by atoms with E-state index >= 15 is 0 Å². The highest BCUT2D eigenvalue weighted by Crippen LogP contribution is 2.36. The fourth-order valence-electron chi connectivity index (χ4n) is 6.56. The molecule has 4 fully saturated rings. The highest BCUT2D eigenvalue weighted by molar-refractivity contribution is 5.94. The Hall–Kier alpha value is -1.55. The summed E-state index contributed by atoms with van der Waals surface area (Å²) in [6.45, 7) is 6.83. The van der Waals surface area contributed by atoms with Crippen LogP contribution in [0.2, 0.25) is 0 Å². The number of carbonyl (C=O) groups excluding carboxylic acids is 1. The molecule has 30 heavy (non-hydrogen) atoms. The number of benzene rings is 1. The standard InChI is InChI=1S/C26H39N3O/c30-26(29-17-12-21-6-2-3-7-23(21)20-29)22-8-10-24(11-9-22)28-18-13-25(14-19-28)27-15-4-1-5-16-27/h8-11,21,23,25H,1-7,12-20H2. The van der Waals surface area contributed by atoms with Crippen LogP contribution in [0.1, 0.15) is 74.6 Å². The predicted octanol–water partition coefficient (Wildman–Crippen LogP) is 4.79. The Morgan fingerprint density at radius 3 is 2.13 bits per heavy atom. The Bertz CT molecular complexity index is 703. The van der Waals surface area contributed by atoms with Gasteiger partial charge in [0, 0.05) is 43.5 Å². The average Bonchev–Trinajstić information content (AvgIpc) is 2.84. The number of nitrogens with zero attached hydrogens (tertiary/aromatic N) is 3. The molecule has 3 saturated heterocycles. The highest BCUT2D eigenvalue weighted by atomic mass is 16.2. The summed E-state index contributed by atoms with van der Waals surface area (Å²) >= 11 is 0. The smallest absolute Gasteiger partial charge is 0.253 e. The summed E-state index contributed by atoms with van der Waals surface area (Å²) in [7, 11) is 0. The molecule has 3 aliphatic heterocycles. The maximum Gasteiger partial charge on any atom is 0.253 e. The van der Waals surface area contributed by atoms with Crippen molar-refractivity contribution in [3.05, 3.63) is 29.8 Å². The van der Waals surface area contributed by atoms with Gasteiger partial charge >= 0.3 is 0 Å². The molecule has 1 aromatic carbocycles. The molecule has 0 radical (unpaired) electrons. The number of piperidine rings is 3. The van der Waals surface area contributed by atoms with Gasteiger partial charge in [0.15, 0.2) is 0 Å². The maximum absolute atomic E-state index is 13.1. The summed E-state index contributed by atoms with van der Waals surface area (Å²) in [5.41, 5.74) is 2.16. The number of fused-ring (bicyclic) bond motifs is 1. The van der Waals surface area contributed by atoms with Crippen molar-refractivity contribution in [3.8, 4) is 0 Å². The first-order chi connectivity index (χ1) is 14.8. The minimum absolute atomic E-state index is 0.245. The Morgan fingerprint density at radius 1 is 0.700 bits per heavy atom. The van der Waals surface area contributed by atoms with Crippen molar-refractivity contribution in [2.45, 2.75) is 70.3 Å². The molecular formula is C26H39N3O. The largest absolute Gasteiger partial charge is 0.371 e. The van der Waals surface area contributed by atoms with Crippen LogP contribution in [0.25, 0.3) is 0 Å². The highest BCUT2D eigenvalue weighted by Gasteiger charge is 2.33. The molecule has 0 N–H and O–H groups in total. The third-order valence-corrected chi connectivity index (χ3v) is 8.43. The third kappa shape index (κ3) is 4.39. The van der Waals surface area contributed by atoms with Gasteiger partial charge in [0.1, 0.15) is 0 Å². The molecule has 0 spiro atoms. The first kappa shape index (κ1) is 20.4. The zero-order valence-electron chi connectivity index (χ0n) is 18.6. The van der Waals surface area contributed by atoms with Crippen LogP contribution in [0, 0.1) is 11.8 Å². The van der Waals surface area contributed by atoms with E-state index in [1.165, 1.54) is 83.0 Å². The Balaban J connectivity index is 1.15. The Labute approximate surface area is 182 Å². The van der Waals surface area contributed by atoms with Gasteiger partial charge in [-0.25, -0.2) is 0 Å². The fraction of sp³-hybridized carbons (Fsp3) is 0.731. The fourth-order valence-corrected chi connectivity index (χ4v) is 6.56. The summed E-state index contributed by atoms with van der Waals surface area (Å²) in [5.74, 6) is 1.87. The summed E-state index contributed by atoms with van der Waals surface area (Å²) < 4.78 is 0. The van der Waals surface area contributed by atoms with Gasteiger partial charge in [-0.15, -0.1) is 0 Å². The quantitative estimate of drug-likeness (QED) is 0.718. The van der Waals surface area contributed by atoms with Gasteiger partial charge in [-0.2, -0.15) is 0 Å². The monoisotopic (exact) mass is 409 g/mol. The van der Waals surface area contributed by atoms with E-state index in [0.29, 0.717) is 0 Å². The van der Waals surface area contributed by atoms with E-state index < -0.39 is 0 Å². The lowest BCUT2D eigenvalue weighted by atomic mass is 9.75. The summed E-state index contributed by atoms with van der Waals surface area (Å²) in [5, 5.41) is 0. The van der Waals surface area contributed by atoms with Crippen molar-refractivity contribution in [2.24, 2.45) is 11.8 Å². The molecule has 4 aliphatic rings. The topological polar surface area (TPSA) is 26.8 Å². The van der Waals surface area contributed by atoms with E-state index in [2.05, 4.69) is 39.0 Å². The van der Waals surface area contributed by atoms with E-state index in [1.807, 2.05) is 0 Å². The normalized spacial score (nSPS) is 28.9. The van der Waals surface area contributed by atoms with Gasteiger partial charge < -0.3 is 14.7 Å². The zero-order valence-corrected chi connectivity index (χ0v) is 18.6. The molecule has 0 aromatic heterocycles. The van der Waals surface area contributed by atoms with Crippen molar-refractivity contribution in [1.82, 2.24) is 9.80 Å². The minimum atomic E-state index is 0.245. The van der Waals surface area contributed by atoms with Crippen molar-refractivity contribution < 1.29 is 4.79 Å². The van der Waals surface area contributed by atoms with Gasteiger partial charge in [0.05, 0.1) is 0 Å². The molecule has 2 unspecified atom stereocenters. The van der Waals surface area contributed by atoms with E-state index in [0.717, 1.165) is 49.6 Å². The number of anilines is 1. The second-order valence-corrected chi connectivity index (χ2v) is 10.2. The number of amides is 1. The molecule has 164 valence electrons. The lowest BCUT2D eigenvalue weighted by Gasteiger charge is -2.41. The van der Waals surface area contributed by atoms with Gasteiger partial charge in [0.25, 0.3) is 5.91 Å². The molecule has 4 heteroatoms. The number of hydrogen-bond acceptors (Lipinski definition) is 3. The average molecular weight is 410 g/mol. The van der Waals surface area contributed by atoms with Crippen LogP contribution in [-0.2, 0) is 0 Å². The Kier molecular flexibility index (Phi) is 6.31. The van der Waals surface area contributed by atoms with Crippen LogP contribution in [0.5, 0.6) is 0 Å². The van der Waals surface area contributed by atoms with Crippen molar-refractivity contribution >= 4 is 11.6 Å². The second kappa shape index (κ2) is 9.30. The first-order valence-corrected chi connectivity index (χ1v) is 12.7.